The summed E-state index contributed by atoms with van der Waals surface area (Å²) in [4.78, 5) is 5.83. The Bertz CT molecular complexity index is 238. The Hall–Kier alpha value is -0.710. The van der Waals surface area contributed by atoms with Crippen molar-refractivity contribution < 1.29 is 9.22 Å². The van der Waals surface area contributed by atoms with E-state index < -0.39 is 0 Å². The molecular formula is C9H13NO2S. The highest BCUT2D eigenvalue weighted by Gasteiger charge is 1.94. The topological polar surface area (TPSA) is 44.5 Å². The van der Waals surface area contributed by atoms with Crippen LogP contribution in [0.25, 0.3) is 0 Å². The zero-order valence-corrected chi connectivity index (χ0v) is 8.34. The first-order chi connectivity index (χ1) is 6.33. The van der Waals surface area contributed by atoms with E-state index in [4.69, 9.17) is 15.0 Å². The molecule has 0 saturated carbocycles. The van der Waals surface area contributed by atoms with Crippen molar-refractivity contribution in [1.29, 1.82) is 0 Å². The molecule has 0 radical (unpaired) electrons. The van der Waals surface area contributed by atoms with Gasteiger partial charge in [0.1, 0.15) is 0 Å². The van der Waals surface area contributed by atoms with Crippen molar-refractivity contribution >= 4 is 17.7 Å². The van der Waals surface area contributed by atoms with Crippen LogP contribution in [0.5, 0.6) is 0 Å². The van der Waals surface area contributed by atoms with Crippen LogP contribution in [0.2, 0.25) is 0 Å². The molecule has 1 rings (SSSR count). The Morgan fingerprint density at radius 1 is 1.31 bits per heavy atom. The Kier molecular flexibility index (Phi) is 4.67. The molecule has 72 valence electrons. The van der Waals surface area contributed by atoms with Crippen molar-refractivity contribution in [2.45, 2.75) is 18.2 Å². The summed E-state index contributed by atoms with van der Waals surface area (Å²) in [5, 5.41) is 0. The fraction of sp³-hybridized carbons (Fsp3) is 0.333. The van der Waals surface area contributed by atoms with Crippen LogP contribution < -0.4 is 5.73 Å². The van der Waals surface area contributed by atoms with Gasteiger partial charge in [0.25, 0.3) is 0 Å². The minimum Gasteiger partial charge on any atom is -0.399 e. The van der Waals surface area contributed by atoms with Gasteiger partial charge >= 0.3 is 0 Å². The molecule has 0 atom stereocenters. The van der Waals surface area contributed by atoms with E-state index in [-0.39, 0.29) is 0 Å². The average molecular weight is 199 g/mol. The number of benzene rings is 1. The number of anilines is 1. The molecule has 0 amide bonds. The number of nitrogen functional groups attached to an aromatic ring is 1. The van der Waals surface area contributed by atoms with E-state index in [1.54, 1.807) is 0 Å². The van der Waals surface area contributed by atoms with E-state index in [9.17, 15) is 0 Å². The Balaban J connectivity index is 2.25. The molecule has 2 N–H and O–H groups in total. The maximum atomic E-state index is 5.52. The molecule has 0 aliphatic rings. The fourth-order valence-electron chi connectivity index (χ4n) is 0.704. The highest BCUT2D eigenvalue weighted by molar-refractivity contribution is 7.94. The minimum atomic E-state index is 0.613. The molecule has 0 saturated heterocycles. The normalized spacial score (nSPS) is 10.2. The molecular weight excluding hydrogens is 186 g/mol. The van der Waals surface area contributed by atoms with Crippen LogP contribution in [-0.4, -0.2) is 6.61 Å². The minimum absolute atomic E-state index is 0.613. The van der Waals surface area contributed by atoms with Crippen molar-refractivity contribution in [2.75, 3.05) is 12.3 Å². The highest BCUT2D eigenvalue weighted by Crippen LogP contribution is 2.20. The second-order valence-corrected chi connectivity index (χ2v) is 3.32. The molecule has 0 aliphatic heterocycles. The third kappa shape index (κ3) is 4.17. The van der Waals surface area contributed by atoms with Gasteiger partial charge in [-0.2, -0.15) is 4.33 Å². The van der Waals surface area contributed by atoms with Gasteiger partial charge in [0.2, 0.25) is 0 Å². The van der Waals surface area contributed by atoms with Crippen LogP contribution in [0.15, 0.2) is 29.2 Å². The van der Waals surface area contributed by atoms with Crippen molar-refractivity contribution in [3.8, 4) is 0 Å². The van der Waals surface area contributed by atoms with Gasteiger partial charge in [0.15, 0.2) is 0 Å². The SMILES string of the molecule is CCCOOSc1ccc(N)cc1. The van der Waals surface area contributed by atoms with Gasteiger partial charge in [-0.15, -0.1) is 0 Å². The molecule has 3 nitrogen and oxygen atoms in total. The Morgan fingerprint density at radius 3 is 2.62 bits per heavy atom. The summed E-state index contributed by atoms with van der Waals surface area (Å²) in [6.07, 6.45) is 0.947. The largest absolute Gasteiger partial charge is 0.399 e. The van der Waals surface area contributed by atoms with Crippen molar-refractivity contribution in [1.82, 2.24) is 0 Å². The van der Waals surface area contributed by atoms with E-state index in [1.807, 2.05) is 31.2 Å². The molecule has 1 aromatic carbocycles. The number of nitrogens with two attached hydrogens (primary N) is 1. The van der Waals surface area contributed by atoms with E-state index >= 15 is 0 Å². The van der Waals surface area contributed by atoms with Crippen molar-refractivity contribution in [3.05, 3.63) is 24.3 Å². The third-order valence-electron chi connectivity index (χ3n) is 1.35. The smallest absolute Gasteiger partial charge is 0.0832 e. The predicted molar refractivity (Wildman–Crippen MR) is 54.0 cm³/mol. The first kappa shape index (κ1) is 10.4. The van der Waals surface area contributed by atoms with E-state index in [0.717, 1.165) is 17.0 Å². The lowest BCUT2D eigenvalue weighted by Gasteiger charge is -2.00. The van der Waals surface area contributed by atoms with Gasteiger partial charge in [-0.25, -0.2) is 4.89 Å². The second-order valence-electron chi connectivity index (χ2n) is 2.54. The van der Waals surface area contributed by atoms with Gasteiger partial charge in [-0.05, 0) is 30.7 Å². The van der Waals surface area contributed by atoms with Crippen LogP contribution in [0, 0.1) is 0 Å². The number of hydrogen-bond donors (Lipinski definition) is 1. The van der Waals surface area contributed by atoms with Crippen LogP contribution in [0.4, 0.5) is 5.69 Å². The fourth-order valence-corrected chi connectivity index (χ4v) is 1.15. The van der Waals surface area contributed by atoms with Crippen molar-refractivity contribution in [3.63, 3.8) is 0 Å². The molecule has 1 aromatic rings. The maximum Gasteiger partial charge on any atom is 0.0832 e. The molecule has 0 aliphatic carbocycles. The van der Waals surface area contributed by atoms with Gasteiger partial charge in [0.05, 0.1) is 18.6 Å². The van der Waals surface area contributed by atoms with Crippen LogP contribution in [0.3, 0.4) is 0 Å². The summed E-state index contributed by atoms with van der Waals surface area (Å²) in [5.74, 6) is 0. The van der Waals surface area contributed by atoms with E-state index in [2.05, 4.69) is 0 Å². The molecule has 0 bridgehead atoms. The summed E-state index contributed by atoms with van der Waals surface area (Å²) < 4.78 is 4.88. The van der Waals surface area contributed by atoms with Crippen molar-refractivity contribution in [2.24, 2.45) is 0 Å². The lowest BCUT2D eigenvalue weighted by molar-refractivity contribution is -0.190. The molecule has 0 spiro atoms. The Labute approximate surface area is 82.4 Å². The molecule has 0 unspecified atom stereocenters. The molecule has 0 heterocycles. The average Bonchev–Trinajstić information content (AvgIpc) is 2.15. The predicted octanol–water partition coefficient (Wildman–Crippen LogP) is 2.63. The third-order valence-corrected chi connectivity index (χ3v) is 1.97. The quantitative estimate of drug-likeness (QED) is 0.260. The number of rotatable bonds is 5. The molecule has 0 fully saturated rings. The first-order valence-corrected chi connectivity index (χ1v) is 4.88. The Morgan fingerprint density at radius 2 is 2.00 bits per heavy atom. The zero-order valence-electron chi connectivity index (χ0n) is 7.53. The summed E-state index contributed by atoms with van der Waals surface area (Å²) in [6.45, 7) is 2.64. The summed E-state index contributed by atoms with van der Waals surface area (Å²) in [6, 6.07) is 7.42. The van der Waals surface area contributed by atoms with Crippen LogP contribution in [0.1, 0.15) is 13.3 Å². The lowest BCUT2D eigenvalue weighted by atomic mass is 10.3. The summed E-state index contributed by atoms with van der Waals surface area (Å²) in [7, 11) is 0. The van der Waals surface area contributed by atoms with Crippen LogP contribution >= 0.6 is 12.0 Å². The standard InChI is InChI=1S/C9H13NO2S/c1-2-7-11-12-13-9-5-3-8(10)4-6-9/h3-6H,2,7,10H2,1H3. The molecule has 4 heteroatoms. The van der Waals surface area contributed by atoms with Crippen LogP contribution in [-0.2, 0) is 9.22 Å². The maximum absolute atomic E-state index is 5.52. The van der Waals surface area contributed by atoms with Gasteiger partial charge in [0, 0.05) is 10.6 Å². The van der Waals surface area contributed by atoms with E-state index in [1.165, 1.54) is 12.0 Å². The van der Waals surface area contributed by atoms with E-state index in [0.29, 0.717) is 6.61 Å². The molecule has 13 heavy (non-hydrogen) atoms. The summed E-state index contributed by atoms with van der Waals surface area (Å²) in [5.41, 5.74) is 6.27. The summed E-state index contributed by atoms with van der Waals surface area (Å²) >= 11 is 1.19. The first-order valence-electron chi connectivity index (χ1n) is 4.14. The van der Waals surface area contributed by atoms with Gasteiger partial charge in [-0.3, -0.25) is 0 Å². The van der Waals surface area contributed by atoms with Gasteiger partial charge in [-0.1, -0.05) is 6.92 Å². The second kappa shape index (κ2) is 5.85. The monoisotopic (exact) mass is 199 g/mol. The zero-order chi connectivity index (χ0) is 9.52. The molecule has 0 aromatic heterocycles. The number of hydrogen-bond acceptors (Lipinski definition) is 4. The highest BCUT2D eigenvalue weighted by atomic mass is 32.2. The van der Waals surface area contributed by atoms with Gasteiger partial charge < -0.3 is 5.73 Å². The lowest BCUT2D eigenvalue weighted by Crippen LogP contribution is -1.88.